The van der Waals surface area contributed by atoms with Crippen LogP contribution in [0.4, 0.5) is 11.4 Å². The van der Waals surface area contributed by atoms with Gasteiger partial charge in [-0.2, -0.15) is 0 Å². The zero-order valence-corrected chi connectivity index (χ0v) is 13.8. The lowest BCUT2D eigenvalue weighted by molar-refractivity contribution is 0.0377. The van der Waals surface area contributed by atoms with Crippen LogP contribution in [0.15, 0.2) is 48.8 Å². The maximum Gasteiger partial charge on any atom is 0.0594 e. The number of aryl methyl sites for hydroxylation is 1. The van der Waals surface area contributed by atoms with E-state index in [4.69, 9.17) is 4.74 Å². The Balaban J connectivity index is 1.68. The molecular weight excluding hydrogens is 286 g/mol. The van der Waals surface area contributed by atoms with Crippen molar-refractivity contribution in [2.75, 3.05) is 44.3 Å². The summed E-state index contributed by atoms with van der Waals surface area (Å²) in [5.41, 5.74) is 3.74. The zero-order valence-electron chi connectivity index (χ0n) is 13.8. The van der Waals surface area contributed by atoms with Gasteiger partial charge in [-0.15, -0.1) is 0 Å². The predicted molar refractivity (Wildman–Crippen MR) is 94.3 cm³/mol. The molecule has 4 nitrogen and oxygen atoms in total. The topological polar surface area (TPSA) is 28.6 Å². The van der Waals surface area contributed by atoms with Gasteiger partial charge < -0.3 is 9.64 Å². The number of hydrogen-bond acceptors (Lipinski definition) is 4. The van der Waals surface area contributed by atoms with E-state index < -0.39 is 0 Å². The lowest BCUT2D eigenvalue weighted by atomic mass is 10.2. The first-order valence-corrected chi connectivity index (χ1v) is 8.37. The van der Waals surface area contributed by atoms with Crippen LogP contribution < -0.4 is 4.90 Å². The Bertz CT molecular complexity index is 597. The van der Waals surface area contributed by atoms with Gasteiger partial charge in [-0.1, -0.05) is 12.1 Å². The molecule has 1 aliphatic heterocycles. The van der Waals surface area contributed by atoms with Crippen molar-refractivity contribution in [1.82, 2.24) is 9.88 Å². The summed E-state index contributed by atoms with van der Waals surface area (Å²) >= 11 is 0. The van der Waals surface area contributed by atoms with Gasteiger partial charge in [0.2, 0.25) is 0 Å². The Hall–Kier alpha value is -1.91. The minimum Gasteiger partial charge on any atom is -0.379 e. The van der Waals surface area contributed by atoms with Crippen molar-refractivity contribution in [2.45, 2.75) is 13.3 Å². The van der Waals surface area contributed by atoms with E-state index >= 15 is 0 Å². The van der Waals surface area contributed by atoms with Gasteiger partial charge in [-0.3, -0.25) is 9.88 Å². The number of aromatic nitrogens is 1. The molecule has 0 saturated carbocycles. The van der Waals surface area contributed by atoms with Crippen LogP contribution in [0.25, 0.3) is 0 Å². The highest BCUT2D eigenvalue weighted by atomic mass is 16.5. The van der Waals surface area contributed by atoms with E-state index in [9.17, 15) is 0 Å². The standard InChI is InChI=1S/C19H25N3O/c1-17-4-2-5-19(16-17)22(18-6-8-20-9-7-18)11-3-10-21-12-14-23-15-13-21/h2,4-9,16H,3,10-15H2,1H3. The van der Waals surface area contributed by atoms with Crippen LogP contribution in [0, 0.1) is 6.92 Å². The van der Waals surface area contributed by atoms with Crippen LogP contribution in [0.5, 0.6) is 0 Å². The summed E-state index contributed by atoms with van der Waals surface area (Å²) in [6.07, 6.45) is 4.86. The average Bonchev–Trinajstić information content (AvgIpc) is 2.60. The minimum absolute atomic E-state index is 0.867. The molecule has 0 bridgehead atoms. The number of ether oxygens (including phenoxy) is 1. The number of nitrogens with zero attached hydrogens (tertiary/aromatic N) is 3. The SMILES string of the molecule is Cc1cccc(N(CCCN2CCOCC2)c2ccncc2)c1. The fraction of sp³-hybridized carbons (Fsp3) is 0.421. The lowest BCUT2D eigenvalue weighted by Gasteiger charge is -2.29. The first-order chi connectivity index (χ1) is 11.3. The van der Waals surface area contributed by atoms with Crippen molar-refractivity contribution >= 4 is 11.4 Å². The minimum atomic E-state index is 0.867. The molecule has 122 valence electrons. The van der Waals surface area contributed by atoms with Crippen molar-refractivity contribution in [3.63, 3.8) is 0 Å². The Labute approximate surface area is 138 Å². The molecule has 4 heteroatoms. The molecule has 0 aliphatic carbocycles. The first-order valence-electron chi connectivity index (χ1n) is 8.37. The summed E-state index contributed by atoms with van der Waals surface area (Å²) in [6.45, 7) is 8.11. The van der Waals surface area contributed by atoms with Gasteiger partial charge in [0, 0.05) is 49.9 Å². The van der Waals surface area contributed by atoms with E-state index in [2.05, 4.69) is 58.1 Å². The molecule has 0 N–H and O–H groups in total. The van der Waals surface area contributed by atoms with Gasteiger partial charge >= 0.3 is 0 Å². The molecule has 1 saturated heterocycles. The Kier molecular flexibility index (Phi) is 5.61. The van der Waals surface area contributed by atoms with Crippen molar-refractivity contribution in [2.24, 2.45) is 0 Å². The Morgan fingerprint density at radius 3 is 2.61 bits per heavy atom. The summed E-state index contributed by atoms with van der Waals surface area (Å²) in [7, 11) is 0. The van der Waals surface area contributed by atoms with Gasteiger partial charge in [0.25, 0.3) is 0 Å². The summed E-state index contributed by atoms with van der Waals surface area (Å²) in [5, 5.41) is 0. The van der Waals surface area contributed by atoms with Crippen molar-refractivity contribution in [1.29, 1.82) is 0 Å². The molecule has 2 heterocycles. The monoisotopic (exact) mass is 311 g/mol. The molecule has 0 amide bonds. The molecule has 0 unspecified atom stereocenters. The van der Waals surface area contributed by atoms with E-state index in [1.807, 2.05) is 12.4 Å². The van der Waals surface area contributed by atoms with Crippen LogP contribution in [0.2, 0.25) is 0 Å². The predicted octanol–water partition coefficient (Wildman–Crippen LogP) is 3.25. The van der Waals surface area contributed by atoms with Crippen LogP contribution in [0.3, 0.4) is 0 Å². The quantitative estimate of drug-likeness (QED) is 0.819. The average molecular weight is 311 g/mol. The summed E-state index contributed by atoms with van der Waals surface area (Å²) in [5.74, 6) is 0. The molecule has 2 aromatic rings. The third-order valence-corrected chi connectivity index (χ3v) is 4.25. The maximum absolute atomic E-state index is 5.42. The molecule has 23 heavy (non-hydrogen) atoms. The molecule has 1 fully saturated rings. The zero-order chi connectivity index (χ0) is 15.9. The third kappa shape index (κ3) is 4.53. The Morgan fingerprint density at radius 2 is 1.87 bits per heavy atom. The second-order valence-corrected chi connectivity index (χ2v) is 6.00. The second-order valence-electron chi connectivity index (χ2n) is 6.00. The number of pyridine rings is 1. The number of morpholine rings is 1. The van der Waals surface area contributed by atoms with Crippen molar-refractivity contribution < 1.29 is 4.74 Å². The van der Waals surface area contributed by atoms with Crippen LogP contribution in [-0.2, 0) is 4.74 Å². The van der Waals surface area contributed by atoms with Gasteiger partial charge in [-0.05, 0) is 43.2 Å². The number of rotatable bonds is 6. The van der Waals surface area contributed by atoms with Crippen molar-refractivity contribution in [3.8, 4) is 0 Å². The lowest BCUT2D eigenvalue weighted by Crippen LogP contribution is -2.37. The van der Waals surface area contributed by atoms with E-state index in [1.165, 1.54) is 16.9 Å². The number of benzene rings is 1. The van der Waals surface area contributed by atoms with Crippen LogP contribution >= 0.6 is 0 Å². The highest BCUT2D eigenvalue weighted by Crippen LogP contribution is 2.25. The fourth-order valence-electron chi connectivity index (χ4n) is 3.00. The number of hydrogen-bond donors (Lipinski definition) is 0. The smallest absolute Gasteiger partial charge is 0.0594 e. The molecule has 0 spiro atoms. The fourth-order valence-corrected chi connectivity index (χ4v) is 3.00. The molecule has 1 aromatic heterocycles. The van der Waals surface area contributed by atoms with E-state index in [-0.39, 0.29) is 0 Å². The largest absolute Gasteiger partial charge is 0.379 e. The van der Waals surface area contributed by atoms with Crippen LogP contribution in [0.1, 0.15) is 12.0 Å². The highest BCUT2D eigenvalue weighted by Gasteiger charge is 2.13. The maximum atomic E-state index is 5.42. The van der Waals surface area contributed by atoms with Gasteiger partial charge in [0.15, 0.2) is 0 Å². The van der Waals surface area contributed by atoms with E-state index in [1.54, 1.807) is 0 Å². The molecule has 1 aliphatic rings. The number of anilines is 2. The molecule has 1 aromatic carbocycles. The van der Waals surface area contributed by atoms with Gasteiger partial charge in [0.1, 0.15) is 0 Å². The van der Waals surface area contributed by atoms with Crippen LogP contribution in [-0.4, -0.2) is 49.3 Å². The molecule has 0 radical (unpaired) electrons. The summed E-state index contributed by atoms with van der Waals surface area (Å²) in [6, 6.07) is 12.9. The molecular formula is C19H25N3O. The summed E-state index contributed by atoms with van der Waals surface area (Å²) < 4.78 is 5.42. The Morgan fingerprint density at radius 1 is 1.09 bits per heavy atom. The van der Waals surface area contributed by atoms with E-state index in [0.29, 0.717) is 0 Å². The van der Waals surface area contributed by atoms with E-state index in [0.717, 1.165) is 45.8 Å². The molecule has 0 atom stereocenters. The first kappa shape index (κ1) is 16.0. The highest BCUT2D eigenvalue weighted by molar-refractivity contribution is 5.63. The van der Waals surface area contributed by atoms with Gasteiger partial charge in [-0.25, -0.2) is 0 Å². The summed E-state index contributed by atoms with van der Waals surface area (Å²) in [4.78, 5) is 9.02. The second kappa shape index (κ2) is 8.09. The normalized spacial score (nSPS) is 15.5. The van der Waals surface area contributed by atoms with Gasteiger partial charge in [0.05, 0.1) is 13.2 Å². The molecule has 3 rings (SSSR count). The third-order valence-electron chi connectivity index (χ3n) is 4.25. The van der Waals surface area contributed by atoms with Crippen molar-refractivity contribution in [3.05, 3.63) is 54.4 Å².